The van der Waals surface area contributed by atoms with Gasteiger partial charge in [0.05, 0.1) is 5.69 Å². The summed E-state index contributed by atoms with van der Waals surface area (Å²) in [5.74, 6) is -0.843. The van der Waals surface area contributed by atoms with Gasteiger partial charge >= 0.3 is 6.36 Å². The molecule has 11 heteroatoms. The van der Waals surface area contributed by atoms with Crippen molar-refractivity contribution in [1.29, 1.82) is 0 Å². The number of nitrogens with zero attached hydrogens (tertiary/aromatic N) is 3. The highest BCUT2D eigenvalue weighted by atomic mass is 32.1. The second-order valence-corrected chi connectivity index (χ2v) is 7.82. The number of carbonyl (C=O) groups is 1. The molecule has 1 amide bonds. The van der Waals surface area contributed by atoms with Crippen LogP contribution in [0.3, 0.4) is 0 Å². The molecule has 1 N–H and O–H groups in total. The topological polar surface area (TPSA) is 57.7 Å². The zero-order valence-electron chi connectivity index (χ0n) is 16.6. The van der Waals surface area contributed by atoms with E-state index >= 15 is 0 Å². The molecule has 0 bridgehead atoms. The molecule has 1 aromatic heterocycles. The number of aromatic nitrogens is 1. The van der Waals surface area contributed by atoms with Crippen LogP contribution in [0.2, 0.25) is 0 Å². The first kappa shape index (κ1) is 21.9. The van der Waals surface area contributed by atoms with Crippen molar-refractivity contribution in [2.75, 3.05) is 36.4 Å². The van der Waals surface area contributed by atoms with E-state index in [0.29, 0.717) is 42.7 Å². The molecular weight excluding hydrogens is 448 g/mol. The number of anilines is 3. The summed E-state index contributed by atoms with van der Waals surface area (Å²) < 4.78 is 54.5. The number of amides is 1. The number of para-hydroxylation sites is 1. The molecule has 0 unspecified atom stereocenters. The molecular formula is C21H18F4N4O2S. The third-order valence-electron chi connectivity index (χ3n) is 4.82. The number of carbonyl (C=O) groups excluding carboxylic acids is 1. The Morgan fingerprint density at radius 3 is 2.38 bits per heavy atom. The average molecular weight is 466 g/mol. The number of piperazine rings is 1. The van der Waals surface area contributed by atoms with Crippen LogP contribution in [-0.2, 0) is 0 Å². The van der Waals surface area contributed by atoms with Gasteiger partial charge in [-0.3, -0.25) is 4.79 Å². The Bertz CT molecular complexity index is 1080. The first-order valence-corrected chi connectivity index (χ1v) is 10.5. The molecule has 6 nitrogen and oxygen atoms in total. The summed E-state index contributed by atoms with van der Waals surface area (Å²) in [6, 6.07) is 11.8. The van der Waals surface area contributed by atoms with Crippen molar-refractivity contribution in [2.45, 2.75) is 6.36 Å². The third kappa shape index (κ3) is 5.28. The fraction of sp³-hybridized carbons (Fsp3) is 0.238. The number of nitrogens with one attached hydrogen (secondary N) is 1. The summed E-state index contributed by atoms with van der Waals surface area (Å²) in [5.41, 5.74) is 1.30. The highest BCUT2D eigenvalue weighted by molar-refractivity contribution is 7.14. The van der Waals surface area contributed by atoms with Crippen molar-refractivity contribution >= 4 is 33.8 Å². The van der Waals surface area contributed by atoms with Crippen molar-refractivity contribution < 1.29 is 27.1 Å². The summed E-state index contributed by atoms with van der Waals surface area (Å²) in [6.45, 7) is 1.89. The standard InChI is InChI=1S/C21H18F4N4O2S/c22-16-3-1-2-4-18(16)28-9-11-29(12-10-28)19(30)17-13-32-20(27-17)26-14-5-7-15(8-6-14)31-21(23,24)25/h1-8,13H,9-12H2,(H,26,27). The maximum absolute atomic E-state index is 14.0. The van der Waals surface area contributed by atoms with Gasteiger partial charge in [-0.15, -0.1) is 24.5 Å². The predicted octanol–water partition coefficient (Wildman–Crippen LogP) is 4.89. The zero-order valence-corrected chi connectivity index (χ0v) is 17.4. The van der Waals surface area contributed by atoms with Crippen molar-refractivity contribution in [3.05, 3.63) is 65.4 Å². The smallest absolute Gasteiger partial charge is 0.406 e. The molecule has 1 aliphatic rings. The molecule has 4 rings (SSSR count). The highest BCUT2D eigenvalue weighted by Crippen LogP contribution is 2.27. The lowest BCUT2D eigenvalue weighted by Crippen LogP contribution is -2.49. The number of hydrogen-bond donors (Lipinski definition) is 1. The van der Waals surface area contributed by atoms with Gasteiger partial charge in [0.2, 0.25) is 0 Å². The summed E-state index contributed by atoms with van der Waals surface area (Å²) in [7, 11) is 0. The Kier molecular flexibility index (Phi) is 6.17. The van der Waals surface area contributed by atoms with Gasteiger partial charge in [-0.2, -0.15) is 0 Å². The van der Waals surface area contributed by atoms with Crippen molar-refractivity contribution in [3.8, 4) is 5.75 Å². The molecule has 2 heterocycles. The molecule has 0 radical (unpaired) electrons. The molecule has 0 atom stereocenters. The largest absolute Gasteiger partial charge is 0.573 e. The predicted molar refractivity (Wildman–Crippen MR) is 113 cm³/mol. The maximum atomic E-state index is 14.0. The lowest BCUT2D eigenvalue weighted by molar-refractivity contribution is -0.274. The second kappa shape index (κ2) is 9.03. The summed E-state index contributed by atoms with van der Waals surface area (Å²) >= 11 is 1.21. The highest BCUT2D eigenvalue weighted by Gasteiger charge is 2.31. The second-order valence-electron chi connectivity index (χ2n) is 6.97. The molecule has 1 aliphatic heterocycles. The minimum atomic E-state index is -4.75. The minimum absolute atomic E-state index is 0.226. The van der Waals surface area contributed by atoms with E-state index in [4.69, 9.17) is 0 Å². The molecule has 168 valence electrons. The number of ether oxygens (including phenoxy) is 1. The Labute approximate surface area is 185 Å². The Hall–Kier alpha value is -3.34. The van der Waals surface area contributed by atoms with Gasteiger partial charge in [-0.05, 0) is 36.4 Å². The van der Waals surface area contributed by atoms with Gasteiger partial charge in [0.25, 0.3) is 5.91 Å². The lowest BCUT2D eigenvalue weighted by atomic mass is 10.2. The average Bonchev–Trinajstić information content (AvgIpc) is 3.23. The quantitative estimate of drug-likeness (QED) is 0.543. The number of benzene rings is 2. The molecule has 0 spiro atoms. The van der Waals surface area contributed by atoms with E-state index in [-0.39, 0.29) is 23.2 Å². The van der Waals surface area contributed by atoms with E-state index in [1.54, 1.807) is 28.5 Å². The van der Waals surface area contributed by atoms with E-state index in [0.717, 1.165) is 0 Å². The number of alkyl halides is 3. The number of halogens is 4. The number of thiazole rings is 1. The Morgan fingerprint density at radius 1 is 1.03 bits per heavy atom. The first-order chi connectivity index (χ1) is 15.3. The van der Waals surface area contributed by atoms with Gasteiger partial charge in [0.1, 0.15) is 17.3 Å². The minimum Gasteiger partial charge on any atom is -0.406 e. The van der Waals surface area contributed by atoms with E-state index in [1.807, 2.05) is 4.90 Å². The fourth-order valence-corrected chi connectivity index (χ4v) is 4.02. The van der Waals surface area contributed by atoms with E-state index < -0.39 is 6.36 Å². The van der Waals surface area contributed by atoms with Crippen molar-refractivity contribution in [1.82, 2.24) is 9.88 Å². The van der Waals surface area contributed by atoms with Crippen molar-refractivity contribution in [3.63, 3.8) is 0 Å². The van der Waals surface area contributed by atoms with E-state index in [9.17, 15) is 22.4 Å². The molecule has 0 aliphatic carbocycles. The van der Waals surface area contributed by atoms with E-state index in [1.165, 1.54) is 41.7 Å². The van der Waals surface area contributed by atoms with Crippen LogP contribution in [0.5, 0.6) is 5.75 Å². The molecule has 1 saturated heterocycles. The molecule has 0 saturated carbocycles. The van der Waals surface area contributed by atoms with Crippen LogP contribution in [0.15, 0.2) is 53.9 Å². The van der Waals surface area contributed by atoms with Crippen LogP contribution in [0.4, 0.5) is 34.1 Å². The fourth-order valence-electron chi connectivity index (χ4n) is 3.31. The van der Waals surface area contributed by atoms with Crippen LogP contribution in [0, 0.1) is 5.82 Å². The molecule has 2 aromatic carbocycles. The summed E-state index contributed by atoms with van der Waals surface area (Å²) in [4.78, 5) is 20.6. The normalized spacial score (nSPS) is 14.4. The summed E-state index contributed by atoms with van der Waals surface area (Å²) in [5, 5.41) is 5.01. The molecule has 3 aromatic rings. The molecule has 1 fully saturated rings. The van der Waals surface area contributed by atoms with Gasteiger partial charge in [-0.25, -0.2) is 9.37 Å². The summed E-state index contributed by atoms with van der Waals surface area (Å²) in [6.07, 6.45) is -4.75. The first-order valence-electron chi connectivity index (χ1n) is 9.65. The Morgan fingerprint density at radius 2 is 1.72 bits per heavy atom. The maximum Gasteiger partial charge on any atom is 0.573 e. The lowest BCUT2D eigenvalue weighted by Gasteiger charge is -2.35. The van der Waals surface area contributed by atoms with Crippen molar-refractivity contribution in [2.24, 2.45) is 0 Å². The van der Waals surface area contributed by atoms with Crippen LogP contribution in [0.1, 0.15) is 10.5 Å². The zero-order chi connectivity index (χ0) is 22.7. The van der Waals surface area contributed by atoms with Crippen LogP contribution in [-0.4, -0.2) is 48.3 Å². The monoisotopic (exact) mass is 466 g/mol. The van der Waals surface area contributed by atoms with Crippen LogP contribution in [0.25, 0.3) is 0 Å². The number of hydrogen-bond acceptors (Lipinski definition) is 6. The van der Waals surface area contributed by atoms with Gasteiger partial charge in [-0.1, -0.05) is 12.1 Å². The van der Waals surface area contributed by atoms with E-state index in [2.05, 4.69) is 15.0 Å². The number of rotatable bonds is 5. The molecule has 32 heavy (non-hydrogen) atoms. The van der Waals surface area contributed by atoms with Crippen LogP contribution >= 0.6 is 11.3 Å². The van der Waals surface area contributed by atoms with Crippen LogP contribution < -0.4 is 15.0 Å². The SMILES string of the molecule is O=C(c1csc(Nc2ccc(OC(F)(F)F)cc2)n1)N1CCN(c2ccccc2F)CC1. The Balaban J connectivity index is 1.34. The van der Waals surface area contributed by atoms with Gasteiger partial charge in [0.15, 0.2) is 5.13 Å². The third-order valence-corrected chi connectivity index (χ3v) is 5.58. The van der Waals surface area contributed by atoms with Gasteiger partial charge < -0.3 is 19.9 Å². The van der Waals surface area contributed by atoms with Gasteiger partial charge in [0, 0.05) is 37.2 Å².